The van der Waals surface area contributed by atoms with Crippen LogP contribution in [0.5, 0.6) is 17.2 Å². The number of benzene rings is 3. The molecular formula is C28H26N2O6. The van der Waals surface area contributed by atoms with Crippen molar-refractivity contribution in [3.8, 4) is 28.5 Å². The smallest absolute Gasteiger partial charge is 0.339 e. The standard InChI is InChI=1S/C28H26N2O6/c1-17(27(31)29-19-8-7-9-20(15-19)33-2)36-28(32)22-16-24(30-23-11-6-5-10-21(22)23)18-12-13-25(34-3)26(14-18)35-4/h5-17H,1-4H3,(H,29,31). The van der Waals surface area contributed by atoms with Gasteiger partial charge in [-0.25, -0.2) is 9.78 Å². The Hall–Kier alpha value is -4.59. The number of pyridine rings is 1. The molecule has 0 saturated heterocycles. The SMILES string of the molecule is COc1cccc(NC(=O)C(C)OC(=O)c2cc(-c3ccc(OC)c(OC)c3)nc3ccccc23)c1. The van der Waals surface area contributed by atoms with Gasteiger partial charge in [-0.05, 0) is 49.4 Å². The molecule has 0 aliphatic rings. The van der Waals surface area contributed by atoms with Gasteiger partial charge in [0.25, 0.3) is 5.91 Å². The van der Waals surface area contributed by atoms with Gasteiger partial charge >= 0.3 is 5.97 Å². The van der Waals surface area contributed by atoms with Gasteiger partial charge in [0.2, 0.25) is 0 Å². The Kier molecular flexibility index (Phi) is 7.34. The van der Waals surface area contributed by atoms with E-state index >= 15 is 0 Å². The predicted molar refractivity (Wildman–Crippen MR) is 137 cm³/mol. The molecular weight excluding hydrogens is 460 g/mol. The van der Waals surface area contributed by atoms with Crippen molar-refractivity contribution in [2.24, 2.45) is 0 Å². The minimum Gasteiger partial charge on any atom is -0.497 e. The maximum atomic E-state index is 13.2. The summed E-state index contributed by atoms with van der Waals surface area (Å²) in [5.74, 6) is 0.622. The van der Waals surface area contributed by atoms with E-state index in [1.54, 1.807) is 69.9 Å². The van der Waals surface area contributed by atoms with E-state index in [4.69, 9.17) is 23.9 Å². The number of anilines is 1. The fourth-order valence-electron chi connectivity index (χ4n) is 3.71. The number of carbonyl (C=O) groups excluding carboxylic acids is 2. The normalized spacial score (nSPS) is 11.4. The average molecular weight is 487 g/mol. The molecule has 36 heavy (non-hydrogen) atoms. The third-order valence-electron chi connectivity index (χ3n) is 5.61. The monoisotopic (exact) mass is 486 g/mol. The van der Waals surface area contributed by atoms with Gasteiger partial charge in [-0.1, -0.05) is 24.3 Å². The van der Waals surface area contributed by atoms with Gasteiger partial charge in [-0.2, -0.15) is 0 Å². The molecule has 1 unspecified atom stereocenters. The third-order valence-corrected chi connectivity index (χ3v) is 5.61. The maximum absolute atomic E-state index is 13.2. The molecule has 1 atom stereocenters. The number of fused-ring (bicyclic) bond motifs is 1. The lowest BCUT2D eigenvalue weighted by atomic mass is 10.0. The fraction of sp³-hybridized carbons (Fsp3) is 0.179. The van der Waals surface area contributed by atoms with Crippen LogP contribution in [0.3, 0.4) is 0 Å². The Bertz CT molecular complexity index is 1420. The number of rotatable bonds is 8. The number of esters is 1. The van der Waals surface area contributed by atoms with Crippen LogP contribution in [-0.2, 0) is 9.53 Å². The van der Waals surface area contributed by atoms with Crippen LogP contribution in [-0.4, -0.2) is 44.3 Å². The van der Waals surface area contributed by atoms with Crippen molar-refractivity contribution < 1.29 is 28.5 Å². The molecule has 8 nitrogen and oxygen atoms in total. The molecule has 1 heterocycles. The van der Waals surface area contributed by atoms with Gasteiger partial charge in [0.15, 0.2) is 17.6 Å². The van der Waals surface area contributed by atoms with Gasteiger partial charge in [0.05, 0.1) is 38.1 Å². The lowest BCUT2D eigenvalue weighted by Crippen LogP contribution is -2.30. The van der Waals surface area contributed by atoms with E-state index in [0.29, 0.717) is 45.1 Å². The quantitative estimate of drug-likeness (QED) is 0.346. The van der Waals surface area contributed by atoms with Crippen LogP contribution in [0.15, 0.2) is 72.8 Å². The topological polar surface area (TPSA) is 96.0 Å². The zero-order valence-corrected chi connectivity index (χ0v) is 20.4. The van der Waals surface area contributed by atoms with Crippen molar-refractivity contribution in [3.05, 3.63) is 78.4 Å². The number of ether oxygens (including phenoxy) is 4. The first kappa shape index (κ1) is 24.5. The van der Waals surface area contributed by atoms with Crippen LogP contribution >= 0.6 is 0 Å². The lowest BCUT2D eigenvalue weighted by Gasteiger charge is -2.16. The maximum Gasteiger partial charge on any atom is 0.339 e. The Morgan fingerprint density at radius 2 is 1.61 bits per heavy atom. The van der Waals surface area contributed by atoms with E-state index < -0.39 is 18.0 Å². The van der Waals surface area contributed by atoms with Gasteiger partial charge in [0.1, 0.15) is 5.75 Å². The second kappa shape index (κ2) is 10.8. The second-order valence-corrected chi connectivity index (χ2v) is 7.91. The van der Waals surface area contributed by atoms with E-state index in [1.165, 1.54) is 6.92 Å². The molecule has 0 spiro atoms. The van der Waals surface area contributed by atoms with Crippen molar-refractivity contribution in [2.75, 3.05) is 26.6 Å². The number of carbonyl (C=O) groups is 2. The number of amides is 1. The highest BCUT2D eigenvalue weighted by molar-refractivity contribution is 6.06. The molecule has 1 amide bonds. The molecule has 1 aromatic heterocycles. The first-order chi connectivity index (χ1) is 17.4. The number of nitrogens with zero attached hydrogens (tertiary/aromatic N) is 1. The Morgan fingerprint density at radius 1 is 0.833 bits per heavy atom. The summed E-state index contributed by atoms with van der Waals surface area (Å²) in [6.07, 6.45) is -1.04. The number of hydrogen-bond acceptors (Lipinski definition) is 7. The molecule has 0 radical (unpaired) electrons. The minimum atomic E-state index is -1.04. The van der Waals surface area contributed by atoms with Gasteiger partial charge in [-0.15, -0.1) is 0 Å². The zero-order chi connectivity index (χ0) is 25.7. The van der Waals surface area contributed by atoms with Crippen LogP contribution < -0.4 is 19.5 Å². The van der Waals surface area contributed by atoms with Gasteiger partial charge in [-0.3, -0.25) is 4.79 Å². The summed E-state index contributed by atoms with van der Waals surface area (Å²) < 4.78 is 21.5. The molecule has 0 fully saturated rings. The summed E-state index contributed by atoms with van der Waals surface area (Å²) in [4.78, 5) is 30.6. The Labute approximate surface area is 208 Å². The molecule has 0 aliphatic heterocycles. The molecule has 0 bridgehead atoms. The second-order valence-electron chi connectivity index (χ2n) is 7.91. The highest BCUT2D eigenvalue weighted by Gasteiger charge is 2.22. The van der Waals surface area contributed by atoms with Crippen LogP contribution in [0, 0.1) is 0 Å². The lowest BCUT2D eigenvalue weighted by molar-refractivity contribution is -0.123. The average Bonchev–Trinajstić information content (AvgIpc) is 2.91. The fourth-order valence-corrected chi connectivity index (χ4v) is 3.71. The van der Waals surface area contributed by atoms with Crippen molar-refractivity contribution in [3.63, 3.8) is 0 Å². The van der Waals surface area contributed by atoms with E-state index in [1.807, 2.05) is 24.3 Å². The van der Waals surface area contributed by atoms with E-state index in [9.17, 15) is 9.59 Å². The molecule has 1 N–H and O–H groups in total. The number of methoxy groups -OCH3 is 3. The molecule has 4 aromatic rings. The van der Waals surface area contributed by atoms with Crippen LogP contribution in [0.2, 0.25) is 0 Å². The summed E-state index contributed by atoms with van der Waals surface area (Å²) in [6, 6.07) is 21.2. The van der Waals surface area contributed by atoms with E-state index in [-0.39, 0.29) is 0 Å². The summed E-state index contributed by atoms with van der Waals surface area (Å²) >= 11 is 0. The highest BCUT2D eigenvalue weighted by Crippen LogP contribution is 2.33. The third kappa shape index (κ3) is 5.22. The highest BCUT2D eigenvalue weighted by atomic mass is 16.5. The van der Waals surface area contributed by atoms with E-state index in [0.717, 1.165) is 5.56 Å². The minimum absolute atomic E-state index is 0.298. The van der Waals surface area contributed by atoms with Crippen molar-refractivity contribution >= 4 is 28.5 Å². The van der Waals surface area contributed by atoms with Crippen molar-refractivity contribution in [1.29, 1.82) is 0 Å². The molecule has 184 valence electrons. The van der Waals surface area contributed by atoms with Gasteiger partial charge in [0, 0.05) is 22.7 Å². The Balaban J connectivity index is 1.62. The van der Waals surface area contributed by atoms with Crippen LogP contribution in [0.1, 0.15) is 17.3 Å². The number of hydrogen-bond donors (Lipinski definition) is 1. The zero-order valence-electron chi connectivity index (χ0n) is 20.4. The molecule has 3 aromatic carbocycles. The number of nitrogens with one attached hydrogen (secondary N) is 1. The number of aromatic nitrogens is 1. The van der Waals surface area contributed by atoms with Gasteiger partial charge < -0.3 is 24.3 Å². The Morgan fingerprint density at radius 3 is 2.36 bits per heavy atom. The predicted octanol–water partition coefficient (Wildman–Crippen LogP) is 5.11. The van der Waals surface area contributed by atoms with Crippen LogP contribution in [0.4, 0.5) is 5.69 Å². The first-order valence-corrected chi connectivity index (χ1v) is 11.2. The van der Waals surface area contributed by atoms with Crippen molar-refractivity contribution in [2.45, 2.75) is 13.0 Å². The first-order valence-electron chi connectivity index (χ1n) is 11.2. The summed E-state index contributed by atoms with van der Waals surface area (Å²) in [5.41, 5.74) is 2.73. The largest absolute Gasteiger partial charge is 0.497 e. The molecule has 0 aliphatic carbocycles. The summed E-state index contributed by atoms with van der Waals surface area (Å²) in [6.45, 7) is 1.52. The van der Waals surface area contributed by atoms with Crippen LogP contribution in [0.25, 0.3) is 22.2 Å². The number of para-hydroxylation sites is 1. The molecule has 4 rings (SSSR count). The molecule has 8 heteroatoms. The van der Waals surface area contributed by atoms with Crippen molar-refractivity contribution in [1.82, 2.24) is 4.98 Å². The summed E-state index contributed by atoms with van der Waals surface area (Å²) in [5, 5.41) is 3.35. The summed E-state index contributed by atoms with van der Waals surface area (Å²) in [7, 11) is 4.66. The molecule has 0 saturated carbocycles. The van der Waals surface area contributed by atoms with E-state index in [2.05, 4.69) is 5.32 Å².